The summed E-state index contributed by atoms with van der Waals surface area (Å²) in [4.78, 5) is 39.4. The number of hydrogen-bond donors (Lipinski definition) is 1. The number of carbonyl (C=O) groups excluding carboxylic acids is 2. The number of nitrogens with zero attached hydrogens (tertiary/aromatic N) is 4. The summed E-state index contributed by atoms with van der Waals surface area (Å²) in [7, 11) is 0. The minimum atomic E-state index is -4.45. The summed E-state index contributed by atoms with van der Waals surface area (Å²) >= 11 is 1.25. The summed E-state index contributed by atoms with van der Waals surface area (Å²) in [5.74, 6) is -0.792. The van der Waals surface area contributed by atoms with Crippen molar-refractivity contribution < 1.29 is 22.8 Å². The molecule has 0 bridgehead atoms. The van der Waals surface area contributed by atoms with Gasteiger partial charge in [0, 0.05) is 35.8 Å². The first-order chi connectivity index (χ1) is 14.3. The molecule has 1 aromatic carbocycles. The number of nitrogens with one attached hydrogen (secondary N) is 1. The molecule has 1 aliphatic rings. The largest absolute Gasteiger partial charge is 0.416 e. The molecule has 0 fully saturated rings. The smallest absolute Gasteiger partial charge is 0.333 e. The van der Waals surface area contributed by atoms with E-state index >= 15 is 0 Å². The highest BCUT2D eigenvalue weighted by Crippen LogP contribution is 2.31. The van der Waals surface area contributed by atoms with Crippen LogP contribution in [0.3, 0.4) is 0 Å². The Morgan fingerprint density at radius 1 is 1.13 bits per heavy atom. The van der Waals surface area contributed by atoms with Gasteiger partial charge in [-0.25, -0.2) is 9.97 Å². The number of alkyl halides is 3. The average molecular weight is 433 g/mol. The van der Waals surface area contributed by atoms with Crippen molar-refractivity contribution in [3.05, 3.63) is 70.2 Å². The van der Waals surface area contributed by atoms with Crippen LogP contribution in [0.15, 0.2) is 42.9 Å². The van der Waals surface area contributed by atoms with Crippen LogP contribution in [0.2, 0.25) is 0 Å². The molecular weight excluding hydrogens is 419 g/mol. The lowest BCUT2D eigenvalue weighted by Crippen LogP contribution is -2.35. The van der Waals surface area contributed by atoms with Crippen LogP contribution in [0, 0.1) is 0 Å². The van der Waals surface area contributed by atoms with Gasteiger partial charge in [-0.15, -0.1) is 0 Å². The molecule has 0 spiro atoms. The summed E-state index contributed by atoms with van der Waals surface area (Å²) in [6.45, 7) is 0.655. The van der Waals surface area contributed by atoms with E-state index in [1.54, 1.807) is 4.90 Å². The van der Waals surface area contributed by atoms with E-state index in [1.165, 1.54) is 42.1 Å². The molecule has 0 atom stereocenters. The number of halogens is 3. The quantitative estimate of drug-likeness (QED) is 0.684. The van der Waals surface area contributed by atoms with Gasteiger partial charge in [0.2, 0.25) is 0 Å². The molecule has 1 N–H and O–H groups in total. The third-order valence-corrected chi connectivity index (χ3v) is 5.49. The Morgan fingerprint density at radius 2 is 1.90 bits per heavy atom. The monoisotopic (exact) mass is 433 g/mol. The first kappa shape index (κ1) is 20.0. The molecule has 3 aromatic rings. The maximum atomic E-state index is 12.7. The van der Waals surface area contributed by atoms with Crippen LogP contribution < -0.4 is 5.32 Å². The fourth-order valence-electron chi connectivity index (χ4n) is 2.98. The number of rotatable bonds is 3. The zero-order chi connectivity index (χ0) is 21.3. The van der Waals surface area contributed by atoms with E-state index in [-0.39, 0.29) is 23.7 Å². The maximum Gasteiger partial charge on any atom is 0.416 e. The normalized spacial score (nSPS) is 13.6. The Kier molecular flexibility index (Phi) is 5.20. The van der Waals surface area contributed by atoms with Crippen molar-refractivity contribution in [2.45, 2.75) is 19.1 Å². The molecule has 2 amide bonds. The Hall–Kier alpha value is -3.34. The lowest BCUT2D eigenvalue weighted by atomic mass is 10.1. The van der Waals surface area contributed by atoms with Gasteiger partial charge in [0.15, 0.2) is 5.13 Å². The predicted molar refractivity (Wildman–Crippen MR) is 102 cm³/mol. The third-order valence-electron chi connectivity index (χ3n) is 4.49. The lowest BCUT2D eigenvalue weighted by molar-refractivity contribution is -0.137. The van der Waals surface area contributed by atoms with Crippen LogP contribution in [0.1, 0.15) is 37.0 Å². The molecule has 1 aliphatic heterocycles. The molecule has 4 rings (SSSR count). The van der Waals surface area contributed by atoms with Crippen molar-refractivity contribution in [3.8, 4) is 0 Å². The number of hydrogen-bond acceptors (Lipinski definition) is 6. The van der Waals surface area contributed by atoms with Gasteiger partial charge in [0.1, 0.15) is 5.69 Å². The molecule has 30 heavy (non-hydrogen) atoms. The number of anilines is 1. The van der Waals surface area contributed by atoms with Crippen molar-refractivity contribution in [3.63, 3.8) is 0 Å². The fourth-order valence-corrected chi connectivity index (χ4v) is 4.00. The zero-order valence-corrected chi connectivity index (χ0v) is 16.1. The Labute approximate surface area is 172 Å². The molecule has 3 heterocycles. The standard InChI is InChI=1S/C19H14F3N5O2S/c20-19(21,22)12-3-1-11(2-4-12)17(29)27-8-5-13-15(10-27)30-18(25-13)26-16(28)14-9-23-6-7-24-14/h1-4,6-7,9H,5,8,10H2,(H,25,26,28). The zero-order valence-electron chi connectivity index (χ0n) is 15.3. The van der Waals surface area contributed by atoms with Crippen molar-refractivity contribution in [2.24, 2.45) is 0 Å². The first-order valence-corrected chi connectivity index (χ1v) is 9.65. The van der Waals surface area contributed by atoms with Crippen molar-refractivity contribution >= 4 is 28.3 Å². The number of aromatic nitrogens is 3. The highest BCUT2D eigenvalue weighted by Gasteiger charge is 2.31. The van der Waals surface area contributed by atoms with Crippen LogP contribution >= 0.6 is 11.3 Å². The number of benzene rings is 1. The van der Waals surface area contributed by atoms with Gasteiger partial charge in [-0.1, -0.05) is 11.3 Å². The van der Waals surface area contributed by atoms with E-state index in [9.17, 15) is 22.8 Å². The summed E-state index contributed by atoms with van der Waals surface area (Å²) in [6.07, 6.45) is 0.247. The summed E-state index contributed by atoms with van der Waals surface area (Å²) in [6, 6.07) is 4.16. The van der Waals surface area contributed by atoms with Crippen LogP contribution in [0.5, 0.6) is 0 Å². The Morgan fingerprint density at radius 3 is 2.57 bits per heavy atom. The first-order valence-electron chi connectivity index (χ1n) is 8.84. The summed E-state index contributed by atoms with van der Waals surface area (Å²) < 4.78 is 38.1. The third kappa shape index (κ3) is 4.15. The molecule has 0 saturated heterocycles. The second-order valence-corrected chi connectivity index (χ2v) is 7.57. The molecule has 7 nitrogen and oxygen atoms in total. The summed E-state index contributed by atoms with van der Waals surface area (Å²) in [5.41, 5.74) is 0.328. The van der Waals surface area contributed by atoms with Crippen LogP contribution in [-0.4, -0.2) is 38.2 Å². The van der Waals surface area contributed by atoms with Crippen LogP contribution in [0.4, 0.5) is 18.3 Å². The number of fused-ring (bicyclic) bond motifs is 1. The molecule has 11 heteroatoms. The topological polar surface area (TPSA) is 88.1 Å². The van der Waals surface area contributed by atoms with Gasteiger partial charge in [-0.05, 0) is 24.3 Å². The van der Waals surface area contributed by atoms with Gasteiger partial charge in [0.05, 0.1) is 24.0 Å². The molecule has 154 valence electrons. The minimum absolute atomic E-state index is 0.157. The van der Waals surface area contributed by atoms with Gasteiger partial charge < -0.3 is 4.90 Å². The Bertz CT molecular complexity index is 1080. The highest BCUT2D eigenvalue weighted by atomic mass is 32.1. The van der Waals surface area contributed by atoms with Gasteiger partial charge >= 0.3 is 6.18 Å². The lowest BCUT2D eigenvalue weighted by Gasteiger charge is -2.26. The molecule has 0 unspecified atom stereocenters. The van der Waals surface area contributed by atoms with Crippen molar-refractivity contribution in [1.82, 2.24) is 19.9 Å². The highest BCUT2D eigenvalue weighted by molar-refractivity contribution is 7.15. The predicted octanol–water partition coefficient (Wildman–Crippen LogP) is 3.40. The van der Waals surface area contributed by atoms with E-state index < -0.39 is 17.6 Å². The van der Waals surface area contributed by atoms with Crippen molar-refractivity contribution in [1.29, 1.82) is 0 Å². The number of thiazole rings is 1. The Balaban J connectivity index is 1.45. The van der Waals surface area contributed by atoms with Crippen LogP contribution in [-0.2, 0) is 19.1 Å². The number of amides is 2. The molecule has 0 aliphatic carbocycles. The molecule has 0 radical (unpaired) electrons. The van der Waals surface area contributed by atoms with Crippen molar-refractivity contribution in [2.75, 3.05) is 11.9 Å². The average Bonchev–Trinajstić information content (AvgIpc) is 3.14. The van der Waals surface area contributed by atoms with E-state index in [0.717, 1.165) is 22.7 Å². The molecule has 2 aromatic heterocycles. The molecule has 0 saturated carbocycles. The molecular formula is C19H14F3N5O2S. The van der Waals surface area contributed by atoms with E-state index in [4.69, 9.17) is 0 Å². The van der Waals surface area contributed by atoms with Crippen LogP contribution in [0.25, 0.3) is 0 Å². The SMILES string of the molecule is O=C(Nc1nc2c(s1)CN(C(=O)c1ccc(C(F)(F)F)cc1)CC2)c1cnccn1. The van der Waals surface area contributed by atoms with E-state index in [1.807, 2.05) is 0 Å². The van der Waals surface area contributed by atoms with Gasteiger partial charge in [-0.3, -0.25) is 19.9 Å². The maximum absolute atomic E-state index is 12.7. The fraction of sp³-hybridized carbons (Fsp3) is 0.211. The summed E-state index contributed by atoms with van der Waals surface area (Å²) in [5, 5.41) is 3.06. The van der Waals surface area contributed by atoms with Gasteiger partial charge in [0.25, 0.3) is 11.8 Å². The second-order valence-electron chi connectivity index (χ2n) is 6.49. The van der Waals surface area contributed by atoms with Gasteiger partial charge in [-0.2, -0.15) is 13.2 Å². The van der Waals surface area contributed by atoms with E-state index in [0.29, 0.717) is 18.1 Å². The second kappa shape index (κ2) is 7.82. The van der Waals surface area contributed by atoms with E-state index in [2.05, 4.69) is 20.3 Å². The minimum Gasteiger partial charge on any atom is -0.333 e. The number of carbonyl (C=O) groups is 2.